The van der Waals surface area contributed by atoms with Crippen LogP contribution < -0.4 is 0 Å². The van der Waals surface area contributed by atoms with Crippen LogP contribution in [0.25, 0.3) is 105 Å². The maximum Gasteiger partial charge on any atom is 0.131 e. The van der Waals surface area contributed by atoms with Crippen molar-refractivity contribution in [2.24, 2.45) is 5.41 Å². The Kier molecular flexibility index (Phi) is 12.9. The van der Waals surface area contributed by atoms with E-state index in [-0.39, 0.29) is 37.8 Å². The van der Waals surface area contributed by atoms with Gasteiger partial charge in [-0.05, 0) is 133 Å². The molecule has 0 unspecified atom stereocenters. The third kappa shape index (κ3) is 9.66. The second-order valence-electron chi connectivity index (χ2n) is 20.3. The summed E-state index contributed by atoms with van der Waals surface area (Å²) >= 11 is 0. The summed E-state index contributed by atoms with van der Waals surface area (Å²) in [4.78, 5) is 9.69. The number of pyridine rings is 1. The predicted molar refractivity (Wildman–Crippen MR) is 298 cm³/mol. The molecule has 0 saturated heterocycles. The predicted octanol–water partition coefficient (Wildman–Crippen LogP) is 18.6. The van der Waals surface area contributed by atoms with Crippen molar-refractivity contribution in [2.45, 2.75) is 66.7 Å². The average molecular weight is 1130 g/mol. The summed E-state index contributed by atoms with van der Waals surface area (Å²) in [6.45, 7) is 14.8. The molecule has 73 heavy (non-hydrogen) atoms. The minimum absolute atomic E-state index is 0. The van der Waals surface area contributed by atoms with Crippen molar-refractivity contribution in [3.8, 4) is 50.6 Å². The number of furan rings is 1. The molecule has 0 bridgehead atoms. The Bertz CT molecular complexity index is 4000. The molecule has 3 aromatic heterocycles. The minimum Gasteiger partial charge on any atom is -0.501 e. The van der Waals surface area contributed by atoms with E-state index in [9.17, 15) is 0 Å². The molecule has 4 nitrogen and oxygen atoms in total. The van der Waals surface area contributed by atoms with Gasteiger partial charge in [0.2, 0.25) is 0 Å². The standard InChI is InChI=1S/C51H38FN2O.C16H18N.Ir/c1-30(2)39-26-36(32-14-7-5-8-15-32)27-40(31(3)4)49(39)54-47-21-12-11-20-46(47)53-51(54)38-19-13-18-37-44-25-35-23-22-34-24-43(33-16-9-6-10-17-33)45(52)28-41(34)42(35)29-48(44)55-50(37)38;1-16(2,3)11-13-9-10-15(17-12-13)14-7-5-4-6-8-14;/h5-18,20-31H,1-4H3;4-7,9-10,12H,11H2,1-3H3;/q2*-1;/i;11D2;. The molecular formula is C67H56FIrN3O-2. The van der Waals surface area contributed by atoms with Gasteiger partial charge in [-0.3, -0.25) is 4.98 Å². The second kappa shape index (κ2) is 20.2. The van der Waals surface area contributed by atoms with E-state index in [1.54, 1.807) is 12.3 Å². The first-order chi connectivity index (χ1) is 35.7. The van der Waals surface area contributed by atoms with Gasteiger partial charge in [-0.2, -0.15) is 0 Å². The summed E-state index contributed by atoms with van der Waals surface area (Å²) in [5.41, 5.74) is 13.6. The largest absolute Gasteiger partial charge is 0.501 e. The number of aromatic nitrogens is 3. The number of hydrogen-bond donors (Lipinski definition) is 0. The third-order valence-corrected chi connectivity index (χ3v) is 13.4. The fourth-order valence-electron chi connectivity index (χ4n) is 9.97. The van der Waals surface area contributed by atoms with Crippen LogP contribution in [0.3, 0.4) is 0 Å². The van der Waals surface area contributed by atoms with Crippen LogP contribution in [0, 0.1) is 23.4 Å². The van der Waals surface area contributed by atoms with Gasteiger partial charge in [-0.25, -0.2) is 4.39 Å². The zero-order valence-electron chi connectivity index (χ0n) is 44.0. The Morgan fingerprint density at radius 3 is 1.95 bits per heavy atom. The van der Waals surface area contributed by atoms with Crippen molar-refractivity contribution >= 4 is 54.5 Å². The summed E-state index contributed by atoms with van der Waals surface area (Å²) in [6.07, 6.45) is 0.223. The summed E-state index contributed by atoms with van der Waals surface area (Å²) in [6, 6.07) is 67.5. The van der Waals surface area contributed by atoms with Crippen LogP contribution in [0.4, 0.5) is 4.39 Å². The monoisotopic (exact) mass is 1130 g/mol. The van der Waals surface area contributed by atoms with Gasteiger partial charge in [-0.15, -0.1) is 54.1 Å². The Morgan fingerprint density at radius 1 is 0.630 bits per heavy atom. The first-order valence-corrected chi connectivity index (χ1v) is 24.8. The molecule has 0 aliphatic heterocycles. The van der Waals surface area contributed by atoms with Crippen molar-refractivity contribution in [3.05, 3.63) is 223 Å². The van der Waals surface area contributed by atoms with Gasteiger partial charge in [0.25, 0.3) is 0 Å². The third-order valence-electron chi connectivity index (χ3n) is 13.4. The number of halogens is 1. The average Bonchev–Trinajstić information content (AvgIpc) is 4.00. The second-order valence-corrected chi connectivity index (χ2v) is 20.3. The van der Waals surface area contributed by atoms with E-state index in [4.69, 9.17) is 12.1 Å². The van der Waals surface area contributed by atoms with Gasteiger partial charge < -0.3 is 14.0 Å². The Labute approximate surface area is 443 Å². The molecule has 0 aliphatic carbocycles. The molecule has 1 radical (unpaired) electrons. The number of imidazole rings is 1. The van der Waals surface area contributed by atoms with E-state index in [1.807, 2.05) is 106 Å². The normalized spacial score (nSPS) is 12.4. The number of nitrogens with zero attached hydrogens (tertiary/aromatic N) is 3. The van der Waals surface area contributed by atoms with Crippen molar-refractivity contribution in [3.63, 3.8) is 0 Å². The van der Waals surface area contributed by atoms with E-state index in [0.29, 0.717) is 11.1 Å². The van der Waals surface area contributed by atoms with E-state index in [2.05, 4.69) is 140 Å². The molecular weight excluding hydrogens is 1070 g/mol. The van der Waals surface area contributed by atoms with Crippen molar-refractivity contribution < 1.29 is 31.7 Å². The molecule has 12 aromatic rings. The summed E-state index contributed by atoms with van der Waals surface area (Å²) in [5.74, 6) is 1.02. The van der Waals surface area contributed by atoms with Crippen LogP contribution in [-0.2, 0) is 26.5 Å². The zero-order chi connectivity index (χ0) is 51.5. The van der Waals surface area contributed by atoms with Gasteiger partial charge in [-0.1, -0.05) is 156 Å². The first-order valence-electron chi connectivity index (χ1n) is 25.8. The molecule has 3 heterocycles. The van der Waals surface area contributed by atoms with Gasteiger partial charge in [0.15, 0.2) is 0 Å². The minimum atomic E-state index is -1.40. The van der Waals surface area contributed by atoms with E-state index in [1.165, 1.54) is 22.3 Å². The Morgan fingerprint density at radius 2 is 1.29 bits per heavy atom. The summed E-state index contributed by atoms with van der Waals surface area (Å²) in [5, 5.41) is 5.79. The van der Waals surface area contributed by atoms with Gasteiger partial charge in [0.1, 0.15) is 11.4 Å². The first kappa shape index (κ1) is 46.6. The van der Waals surface area contributed by atoms with Crippen LogP contribution in [-0.4, -0.2) is 14.5 Å². The molecule has 0 amide bonds. The Hall–Kier alpha value is -7.50. The van der Waals surface area contributed by atoms with Crippen LogP contribution in [0.1, 0.15) is 79.7 Å². The number of fused-ring (bicyclic) bond motifs is 7. The molecule has 0 N–H and O–H groups in total. The fraction of sp³-hybridized carbons (Fsp3) is 0.164. The molecule has 6 heteroatoms. The zero-order valence-corrected chi connectivity index (χ0v) is 44.4. The number of rotatable bonds is 8. The SMILES string of the molecule is CC(C)c1cc(-c2ccccc2)cc(C(C)C)c1-n1c(-c2[c-]ccc3c2oc2cc4c(ccc5cc(-c6ccccc6)c(F)cc54)cc23)nc2ccccc21.[2H]C([2H])(c1ccc(-c2[c-]cccc2)nc1)C(C)(C)C.[Ir]. The van der Waals surface area contributed by atoms with E-state index in [0.717, 1.165) is 88.4 Å². The summed E-state index contributed by atoms with van der Waals surface area (Å²) in [7, 11) is 0. The number of hydrogen-bond acceptors (Lipinski definition) is 3. The maximum atomic E-state index is 15.7. The number of para-hydroxylation sites is 2. The molecule has 0 atom stereocenters. The van der Waals surface area contributed by atoms with Crippen molar-refractivity contribution in [1.82, 2.24) is 14.5 Å². The summed E-state index contributed by atoms with van der Waals surface area (Å²) < 4.78 is 41.4. The van der Waals surface area contributed by atoms with Crippen LogP contribution in [0.5, 0.6) is 0 Å². The molecule has 363 valence electrons. The molecule has 9 aromatic carbocycles. The van der Waals surface area contributed by atoms with Crippen LogP contribution in [0.15, 0.2) is 193 Å². The van der Waals surface area contributed by atoms with Crippen LogP contribution in [0.2, 0.25) is 0 Å². The quantitative estimate of drug-likeness (QED) is 0.112. The van der Waals surface area contributed by atoms with Crippen LogP contribution >= 0.6 is 0 Å². The molecule has 12 rings (SSSR count). The van der Waals surface area contributed by atoms with E-state index >= 15 is 4.39 Å². The smallest absolute Gasteiger partial charge is 0.131 e. The van der Waals surface area contributed by atoms with Crippen molar-refractivity contribution in [1.29, 1.82) is 0 Å². The fourth-order valence-corrected chi connectivity index (χ4v) is 9.97. The maximum absolute atomic E-state index is 15.7. The number of benzene rings is 9. The topological polar surface area (TPSA) is 43.9 Å². The Balaban J connectivity index is 0.000000272. The van der Waals surface area contributed by atoms with Gasteiger partial charge in [0, 0.05) is 45.7 Å². The molecule has 0 fully saturated rings. The molecule has 0 saturated carbocycles. The molecule has 0 aliphatic rings. The van der Waals surface area contributed by atoms with Gasteiger partial charge >= 0.3 is 0 Å². The van der Waals surface area contributed by atoms with E-state index < -0.39 is 11.8 Å². The molecule has 0 spiro atoms. The van der Waals surface area contributed by atoms with Crippen molar-refractivity contribution in [2.75, 3.05) is 0 Å². The van der Waals surface area contributed by atoms with Gasteiger partial charge in [0.05, 0.1) is 22.4 Å².